The number of rotatable bonds is 6. The zero-order valence-corrected chi connectivity index (χ0v) is 12.1. The molecular formula is C12H24N2O3S. The maximum atomic E-state index is 11.5. The van der Waals surface area contributed by atoms with E-state index in [1.54, 1.807) is 0 Å². The lowest BCUT2D eigenvalue weighted by atomic mass is 9.95. The molecule has 1 rings (SSSR count). The lowest BCUT2D eigenvalue weighted by Gasteiger charge is -2.28. The molecule has 0 aromatic heterocycles. The molecule has 0 aliphatic heterocycles. The van der Waals surface area contributed by atoms with E-state index in [4.69, 9.17) is 0 Å². The van der Waals surface area contributed by atoms with E-state index in [9.17, 15) is 13.2 Å². The van der Waals surface area contributed by atoms with Crippen molar-refractivity contribution in [1.82, 2.24) is 10.6 Å². The highest BCUT2D eigenvalue weighted by Crippen LogP contribution is 2.23. The molecule has 0 aromatic carbocycles. The van der Waals surface area contributed by atoms with Gasteiger partial charge in [0.1, 0.15) is 9.84 Å². The van der Waals surface area contributed by atoms with Gasteiger partial charge in [-0.2, -0.15) is 0 Å². The Hall–Kier alpha value is -0.620. The Morgan fingerprint density at radius 2 is 2.06 bits per heavy atom. The summed E-state index contributed by atoms with van der Waals surface area (Å²) in [5, 5.41) is 5.70. The van der Waals surface area contributed by atoms with E-state index in [-0.39, 0.29) is 23.7 Å². The Morgan fingerprint density at radius 1 is 1.33 bits per heavy atom. The molecule has 1 fully saturated rings. The smallest absolute Gasteiger partial charge is 0.233 e. The van der Waals surface area contributed by atoms with E-state index < -0.39 is 9.84 Å². The van der Waals surface area contributed by atoms with Gasteiger partial charge in [0, 0.05) is 18.8 Å². The summed E-state index contributed by atoms with van der Waals surface area (Å²) in [6, 6.07) is 0.144. The van der Waals surface area contributed by atoms with Crippen LogP contribution in [0.5, 0.6) is 0 Å². The van der Waals surface area contributed by atoms with Crippen LogP contribution in [0.3, 0.4) is 0 Å². The van der Waals surface area contributed by atoms with Crippen LogP contribution < -0.4 is 10.6 Å². The molecule has 2 unspecified atom stereocenters. The number of carbonyl (C=O) groups is 1. The van der Waals surface area contributed by atoms with E-state index in [1.165, 1.54) is 6.26 Å². The first-order valence-corrected chi connectivity index (χ1v) is 8.58. The van der Waals surface area contributed by atoms with Gasteiger partial charge in [-0.1, -0.05) is 13.3 Å². The number of sulfone groups is 1. The van der Waals surface area contributed by atoms with Crippen molar-refractivity contribution in [3.05, 3.63) is 0 Å². The van der Waals surface area contributed by atoms with E-state index in [0.717, 1.165) is 25.7 Å². The summed E-state index contributed by atoms with van der Waals surface area (Å²) in [5.74, 6) is -0.0154. The molecule has 5 nitrogen and oxygen atoms in total. The van der Waals surface area contributed by atoms with Crippen LogP contribution in [0.2, 0.25) is 0 Å². The Kier molecular flexibility index (Phi) is 6.08. The van der Waals surface area contributed by atoms with Gasteiger partial charge >= 0.3 is 0 Å². The third-order valence-corrected chi connectivity index (χ3v) is 4.99. The van der Waals surface area contributed by atoms with Gasteiger partial charge < -0.3 is 10.6 Å². The maximum absolute atomic E-state index is 11.5. The van der Waals surface area contributed by atoms with Crippen molar-refractivity contribution >= 4 is 15.7 Å². The fourth-order valence-corrected chi connectivity index (χ4v) is 3.46. The van der Waals surface area contributed by atoms with Crippen LogP contribution in [0.4, 0.5) is 0 Å². The van der Waals surface area contributed by atoms with Gasteiger partial charge in [-0.3, -0.25) is 4.79 Å². The number of carbonyl (C=O) groups excluding carboxylic acids is 1. The average Bonchev–Trinajstić information content (AvgIpc) is 2.33. The second-order valence-corrected chi connectivity index (χ2v) is 7.37. The standard InChI is InChI=1S/C12H24N2O3S/c1-3-7-13-12(15)9-14-10-5-4-6-11(8-10)18(2,16)17/h10-11,14H,3-9H2,1-2H3,(H,13,15). The minimum Gasteiger partial charge on any atom is -0.355 e. The summed E-state index contributed by atoms with van der Waals surface area (Å²) >= 11 is 0. The molecule has 0 saturated heterocycles. The molecule has 106 valence electrons. The molecule has 1 aliphatic rings. The van der Waals surface area contributed by atoms with Crippen LogP contribution in [0.15, 0.2) is 0 Å². The Morgan fingerprint density at radius 3 is 2.67 bits per heavy atom. The van der Waals surface area contributed by atoms with Crippen molar-refractivity contribution < 1.29 is 13.2 Å². The Labute approximate surface area is 110 Å². The van der Waals surface area contributed by atoms with Gasteiger partial charge in [0.15, 0.2) is 0 Å². The van der Waals surface area contributed by atoms with Gasteiger partial charge in [-0.25, -0.2) is 8.42 Å². The molecule has 18 heavy (non-hydrogen) atoms. The van der Waals surface area contributed by atoms with Gasteiger partial charge in [0.05, 0.1) is 11.8 Å². The van der Waals surface area contributed by atoms with E-state index in [2.05, 4.69) is 10.6 Å². The van der Waals surface area contributed by atoms with Crippen LogP contribution >= 0.6 is 0 Å². The van der Waals surface area contributed by atoms with Crippen LogP contribution in [-0.2, 0) is 14.6 Å². The van der Waals surface area contributed by atoms with Crippen molar-refractivity contribution in [3.8, 4) is 0 Å². The molecule has 0 heterocycles. The molecule has 1 aliphatic carbocycles. The van der Waals surface area contributed by atoms with E-state index in [0.29, 0.717) is 13.0 Å². The van der Waals surface area contributed by atoms with Crippen LogP contribution in [-0.4, -0.2) is 45.0 Å². The normalized spacial score (nSPS) is 24.8. The van der Waals surface area contributed by atoms with Crippen molar-refractivity contribution in [1.29, 1.82) is 0 Å². The SMILES string of the molecule is CCCNC(=O)CNC1CCCC(S(C)(=O)=O)C1. The van der Waals surface area contributed by atoms with Crippen molar-refractivity contribution in [2.75, 3.05) is 19.3 Å². The third kappa shape index (κ3) is 5.35. The second-order valence-electron chi connectivity index (χ2n) is 5.05. The van der Waals surface area contributed by atoms with Gasteiger partial charge in [-0.05, 0) is 25.7 Å². The Balaban J connectivity index is 2.32. The first-order chi connectivity index (χ1) is 8.43. The van der Waals surface area contributed by atoms with Crippen molar-refractivity contribution in [3.63, 3.8) is 0 Å². The summed E-state index contributed by atoms with van der Waals surface area (Å²) < 4.78 is 23.0. The highest BCUT2D eigenvalue weighted by Gasteiger charge is 2.28. The molecule has 1 amide bonds. The fraction of sp³-hybridized carbons (Fsp3) is 0.917. The quantitative estimate of drug-likeness (QED) is 0.739. The first-order valence-electron chi connectivity index (χ1n) is 6.62. The van der Waals surface area contributed by atoms with Crippen LogP contribution in [0.1, 0.15) is 39.0 Å². The molecule has 0 bridgehead atoms. The van der Waals surface area contributed by atoms with Crippen LogP contribution in [0.25, 0.3) is 0 Å². The summed E-state index contributed by atoms with van der Waals surface area (Å²) in [6.07, 6.45) is 5.46. The number of nitrogens with one attached hydrogen (secondary N) is 2. The third-order valence-electron chi connectivity index (χ3n) is 3.36. The van der Waals surface area contributed by atoms with Gasteiger partial charge in [0.25, 0.3) is 0 Å². The molecule has 2 atom stereocenters. The number of hydrogen-bond donors (Lipinski definition) is 2. The van der Waals surface area contributed by atoms with E-state index in [1.807, 2.05) is 6.92 Å². The Bertz CT molecular complexity index is 368. The zero-order chi connectivity index (χ0) is 13.6. The van der Waals surface area contributed by atoms with Gasteiger partial charge in [-0.15, -0.1) is 0 Å². The first kappa shape index (κ1) is 15.4. The topological polar surface area (TPSA) is 75.3 Å². The fourth-order valence-electron chi connectivity index (χ4n) is 2.28. The van der Waals surface area contributed by atoms with Gasteiger partial charge in [0.2, 0.25) is 5.91 Å². The average molecular weight is 276 g/mol. The minimum absolute atomic E-state index is 0.0154. The summed E-state index contributed by atoms with van der Waals surface area (Å²) in [7, 11) is -2.95. The lowest BCUT2D eigenvalue weighted by molar-refractivity contribution is -0.120. The number of hydrogen-bond acceptors (Lipinski definition) is 4. The highest BCUT2D eigenvalue weighted by atomic mass is 32.2. The molecule has 2 N–H and O–H groups in total. The summed E-state index contributed by atoms with van der Waals surface area (Å²) in [6.45, 7) is 2.98. The maximum Gasteiger partial charge on any atom is 0.233 e. The molecule has 1 saturated carbocycles. The highest BCUT2D eigenvalue weighted by molar-refractivity contribution is 7.91. The number of amides is 1. The molecule has 0 radical (unpaired) electrons. The molecular weight excluding hydrogens is 252 g/mol. The van der Waals surface area contributed by atoms with E-state index >= 15 is 0 Å². The molecule has 0 aromatic rings. The predicted octanol–water partition coefficient (Wildman–Crippen LogP) is 0.458. The predicted molar refractivity (Wildman–Crippen MR) is 72.2 cm³/mol. The molecule has 0 spiro atoms. The van der Waals surface area contributed by atoms with Crippen LogP contribution in [0, 0.1) is 0 Å². The monoisotopic (exact) mass is 276 g/mol. The zero-order valence-electron chi connectivity index (χ0n) is 11.2. The summed E-state index contributed by atoms with van der Waals surface area (Å²) in [5.41, 5.74) is 0. The lowest BCUT2D eigenvalue weighted by Crippen LogP contribution is -2.43. The van der Waals surface area contributed by atoms with Crippen molar-refractivity contribution in [2.24, 2.45) is 0 Å². The molecule has 6 heteroatoms. The van der Waals surface area contributed by atoms with Crippen molar-refractivity contribution in [2.45, 2.75) is 50.3 Å². The largest absolute Gasteiger partial charge is 0.355 e. The minimum atomic E-state index is -2.95. The summed E-state index contributed by atoms with van der Waals surface area (Å²) in [4.78, 5) is 11.4. The second kappa shape index (κ2) is 7.09.